The van der Waals surface area contributed by atoms with Crippen LogP contribution in [0, 0.1) is 6.92 Å². The van der Waals surface area contributed by atoms with Gasteiger partial charge in [0.25, 0.3) is 5.91 Å². The number of halogens is 1. The zero-order valence-electron chi connectivity index (χ0n) is 10.0. The summed E-state index contributed by atoms with van der Waals surface area (Å²) in [5.41, 5.74) is 0.567. The highest BCUT2D eigenvalue weighted by atomic mass is 35.5. The van der Waals surface area contributed by atoms with E-state index in [2.05, 4.69) is 5.32 Å². The second-order valence-corrected chi connectivity index (χ2v) is 4.65. The number of aromatic hydroxyl groups is 2. The Morgan fingerprint density at radius 2 is 1.94 bits per heavy atom. The minimum atomic E-state index is -0.256. The molecule has 1 amide bonds. The van der Waals surface area contributed by atoms with Gasteiger partial charge in [-0.15, -0.1) is 0 Å². The van der Waals surface area contributed by atoms with Crippen LogP contribution in [0.2, 0.25) is 5.02 Å². The molecule has 0 saturated carbocycles. The topological polar surface area (TPSA) is 72.8 Å². The molecular weight excluding hydrogens is 256 g/mol. The number of nitrogens with zero attached hydrogens (tertiary/aromatic N) is 1. The van der Waals surface area contributed by atoms with Crippen molar-refractivity contribution in [3.05, 3.63) is 22.2 Å². The van der Waals surface area contributed by atoms with E-state index in [1.54, 1.807) is 11.8 Å². The van der Waals surface area contributed by atoms with E-state index in [-0.39, 0.29) is 28.0 Å². The maximum atomic E-state index is 12.3. The molecule has 3 N–H and O–H groups in total. The summed E-state index contributed by atoms with van der Waals surface area (Å²) in [4.78, 5) is 14.0. The molecule has 0 bridgehead atoms. The molecule has 5 nitrogen and oxygen atoms in total. The van der Waals surface area contributed by atoms with Crippen molar-refractivity contribution < 1.29 is 15.0 Å². The Labute approximate surface area is 110 Å². The lowest BCUT2D eigenvalue weighted by molar-refractivity contribution is 0.0732. The highest BCUT2D eigenvalue weighted by Gasteiger charge is 2.24. The molecule has 0 radical (unpaired) electrons. The molecule has 0 atom stereocenters. The average molecular weight is 271 g/mol. The van der Waals surface area contributed by atoms with E-state index in [9.17, 15) is 15.0 Å². The summed E-state index contributed by atoms with van der Waals surface area (Å²) < 4.78 is 0. The fourth-order valence-electron chi connectivity index (χ4n) is 2.05. The molecule has 18 heavy (non-hydrogen) atoms. The molecule has 2 rings (SSSR count). The first-order valence-electron chi connectivity index (χ1n) is 5.73. The van der Waals surface area contributed by atoms with Crippen LogP contribution in [0.15, 0.2) is 6.07 Å². The number of phenols is 2. The number of rotatable bonds is 1. The predicted molar refractivity (Wildman–Crippen MR) is 68.3 cm³/mol. The van der Waals surface area contributed by atoms with Crippen LogP contribution in [0.3, 0.4) is 0 Å². The molecule has 98 valence electrons. The third kappa shape index (κ3) is 2.23. The first kappa shape index (κ1) is 13.0. The van der Waals surface area contributed by atoms with Gasteiger partial charge in [-0.25, -0.2) is 0 Å². The number of nitrogens with one attached hydrogen (secondary N) is 1. The Kier molecular flexibility index (Phi) is 3.63. The van der Waals surface area contributed by atoms with Crippen LogP contribution in [0.1, 0.15) is 15.9 Å². The molecule has 0 aliphatic carbocycles. The smallest absolute Gasteiger partial charge is 0.258 e. The number of carbonyl (C=O) groups excluding carboxylic acids is 1. The van der Waals surface area contributed by atoms with Crippen LogP contribution < -0.4 is 5.32 Å². The summed E-state index contributed by atoms with van der Waals surface area (Å²) in [7, 11) is 0. The highest BCUT2D eigenvalue weighted by Crippen LogP contribution is 2.36. The summed E-state index contributed by atoms with van der Waals surface area (Å²) in [6.07, 6.45) is 0. The summed E-state index contributed by atoms with van der Waals surface area (Å²) >= 11 is 5.89. The first-order chi connectivity index (χ1) is 8.52. The van der Waals surface area contributed by atoms with Crippen LogP contribution in [-0.2, 0) is 0 Å². The lowest BCUT2D eigenvalue weighted by Crippen LogP contribution is -2.46. The number of benzene rings is 1. The molecule has 1 fully saturated rings. The maximum Gasteiger partial charge on any atom is 0.258 e. The van der Waals surface area contributed by atoms with Crippen molar-refractivity contribution in [1.29, 1.82) is 0 Å². The summed E-state index contributed by atoms with van der Waals surface area (Å²) in [6.45, 7) is 4.26. The molecule has 1 heterocycles. The van der Waals surface area contributed by atoms with Gasteiger partial charge in [0.1, 0.15) is 11.5 Å². The van der Waals surface area contributed by atoms with Gasteiger partial charge in [-0.05, 0) is 12.5 Å². The monoisotopic (exact) mass is 270 g/mol. The second kappa shape index (κ2) is 5.04. The van der Waals surface area contributed by atoms with Gasteiger partial charge in [0.15, 0.2) is 0 Å². The molecule has 1 aliphatic rings. The van der Waals surface area contributed by atoms with E-state index >= 15 is 0 Å². The standard InChI is InChI=1S/C12H15ClN2O3/c1-7-10(8(16)6-9(17)11(7)13)12(18)15-4-2-14-3-5-15/h6,14,16-17H,2-5H2,1H3. The molecule has 1 aliphatic heterocycles. The van der Waals surface area contributed by atoms with Gasteiger partial charge in [0.2, 0.25) is 0 Å². The van der Waals surface area contributed by atoms with Gasteiger partial charge in [0, 0.05) is 32.2 Å². The SMILES string of the molecule is Cc1c(Cl)c(O)cc(O)c1C(=O)N1CCNCC1. The second-order valence-electron chi connectivity index (χ2n) is 4.27. The molecule has 1 saturated heterocycles. The zero-order chi connectivity index (χ0) is 13.3. The van der Waals surface area contributed by atoms with E-state index in [0.717, 1.165) is 19.2 Å². The summed E-state index contributed by atoms with van der Waals surface area (Å²) in [6, 6.07) is 1.10. The van der Waals surface area contributed by atoms with Crippen molar-refractivity contribution in [1.82, 2.24) is 10.2 Å². The normalized spacial score (nSPS) is 15.8. The van der Waals surface area contributed by atoms with Crippen LogP contribution in [0.4, 0.5) is 0 Å². The van der Waals surface area contributed by atoms with Crippen molar-refractivity contribution in [3.8, 4) is 11.5 Å². The highest BCUT2D eigenvalue weighted by molar-refractivity contribution is 6.33. The number of amides is 1. The first-order valence-corrected chi connectivity index (χ1v) is 6.11. The summed E-state index contributed by atoms with van der Waals surface area (Å²) in [5.74, 6) is -0.713. The Morgan fingerprint density at radius 1 is 1.33 bits per heavy atom. The van der Waals surface area contributed by atoms with Crippen LogP contribution in [0.5, 0.6) is 11.5 Å². The van der Waals surface area contributed by atoms with Gasteiger partial charge >= 0.3 is 0 Å². The Balaban J connectivity index is 2.38. The largest absolute Gasteiger partial charge is 0.507 e. The third-order valence-corrected chi connectivity index (χ3v) is 3.55. The van der Waals surface area contributed by atoms with Gasteiger partial charge in [-0.1, -0.05) is 11.6 Å². The van der Waals surface area contributed by atoms with E-state index < -0.39 is 0 Å². The number of carbonyl (C=O) groups is 1. The van der Waals surface area contributed by atoms with E-state index in [4.69, 9.17) is 11.6 Å². The van der Waals surface area contributed by atoms with Crippen molar-refractivity contribution in [2.24, 2.45) is 0 Å². The molecule has 0 spiro atoms. The fourth-order valence-corrected chi connectivity index (χ4v) is 2.20. The molecule has 6 heteroatoms. The maximum absolute atomic E-state index is 12.3. The lowest BCUT2D eigenvalue weighted by atomic mass is 10.0. The lowest BCUT2D eigenvalue weighted by Gasteiger charge is -2.28. The minimum absolute atomic E-state index is 0.103. The van der Waals surface area contributed by atoms with Gasteiger partial charge in [-0.3, -0.25) is 4.79 Å². The van der Waals surface area contributed by atoms with E-state index in [1.807, 2.05) is 0 Å². The van der Waals surface area contributed by atoms with Crippen molar-refractivity contribution >= 4 is 17.5 Å². The Morgan fingerprint density at radius 3 is 2.56 bits per heavy atom. The number of phenolic OH excluding ortho intramolecular Hbond substituents is 2. The molecule has 1 aromatic rings. The predicted octanol–water partition coefficient (Wildman–Crippen LogP) is 1.11. The number of hydrogen-bond acceptors (Lipinski definition) is 4. The third-order valence-electron chi connectivity index (χ3n) is 3.08. The van der Waals surface area contributed by atoms with E-state index in [0.29, 0.717) is 18.7 Å². The van der Waals surface area contributed by atoms with Gasteiger partial charge < -0.3 is 20.4 Å². The Hall–Kier alpha value is -1.46. The number of piperazine rings is 1. The minimum Gasteiger partial charge on any atom is -0.507 e. The zero-order valence-corrected chi connectivity index (χ0v) is 10.8. The van der Waals surface area contributed by atoms with Crippen LogP contribution in [0.25, 0.3) is 0 Å². The van der Waals surface area contributed by atoms with Crippen molar-refractivity contribution in [3.63, 3.8) is 0 Å². The van der Waals surface area contributed by atoms with Crippen LogP contribution >= 0.6 is 11.6 Å². The van der Waals surface area contributed by atoms with Crippen LogP contribution in [-0.4, -0.2) is 47.2 Å². The number of hydrogen-bond donors (Lipinski definition) is 3. The van der Waals surface area contributed by atoms with Crippen molar-refractivity contribution in [2.45, 2.75) is 6.92 Å². The quantitative estimate of drug-likeness (QED) is 0.715. The van der Waals surface area contributed by atoms with Gasteiger partial charge in [0.05, 0.1) is 10.6 Å². The molecule has 1 aromatic carbocycles. The van der Waals surface area contributed by atoms with Gasteiger partial charge in [-0.2, -0.15) is 0 Å². The van der Waals surface area contributed by atoms with E-state index in [1.165, 1.54) is 0 Å². The molecule has 0 unspecified atom stereocenters. The molecule has 0 aromatic heterocycles. The molecular formula is C12H15ClN2O3. The average Bonchev–Trinajstić information content (AvgIpc) is 2.37. The van der Waals surface area contributed by atoms with Crippen molar-refractivity contribution in [2.75, 3.05) is 26.2 Å². The Bertz CT molecular complexity index is 485. The fraction of sp³-hybridized carbons (Fsp3) is 0.417. The summed E-state index contributed by atoms with van der Waals surface area (Å²) in [5, 5.41) is 22.5.